The minimum atomic E-state index is -0.416. The summed E-state index contributed by atoms with van der Waals surface area (Å²) in [5, 5.41) is 3.71. The number of rotatable bonds is 9. The SMILES string of the molecule is CCNC(Cc1c(F)cccc1Cl)C(OCC)OCC. The molecule has 0 fully saturated rings. The highest BCUT2D eigenvalue weighted by molar-refractivity contribution is 6.31. The van der Waals surface area contributed by atoms with E-state index in [1.54, 1.807) is 12.1 Å². The van der Waals surface area contributed by atoms with Crippen LogP contribution in [0.4, 0.5) is 4.39 Å². The summed E-state index contributed by atoms with van der Waals surface area (Å²) in [7, 11) is 0. The van der Waals surface area contributed by atoms with E-state index in [0.29, 0.717) is 30.2 Å². The molecule has 1 aromatic carbocycles. The fourth-order valence-electron chi connectivity index (χ4n) is 2.08. The highest BCUT2D eigenvalue weighted by atomic mass is 35.5. The van der Waals surface area contributed by atoms with Crippen LogP contribution < -0.4 is 5.32 Å². The van der Waals surface area contributed by atoms with Crippen LogP contribution in [0.25, 0.3) is 0 Å². The predicted molar refractivity (Wildman–Crippen MR) is 79.6 cm³/mol. The fraction of sp³-hybridized carbons (Fsp3) is 0.600. The summed E-state index contributed by atoms with van der Waals surface area (Å²) in [6.45, 7) is 7.63. The molecule has 0 bridgehead atoms. The number of benzene rings is 1. The summed E-state index contributed by atoms with van der Waals surface area (Å²) in [4.78, 5) is 0. The number of hydrogen-bond donors (Lipinski definition) is 1. The molecule has 0 spiro atoms. The summed E-state index contributed by atoms with van der Waals surface area (Å²) >= 11 is 6.08. The maximum atomic E-state index is 13.9. The summed E-state index contributed by atoms with van der Waals surface area (Å²) in [6, 6.07) is 4.57. The quantitative estimate of drug-likeness (QED) is 0.709. The van der Waals surface area contributed by atoms with E-state index >= 15 is 0 Å². The maximum Gasteiger partial charge on any atom is 0.172 e. The standard InChI is InChI=1S/C15H23ClFNO2/c1-4-18-14(15(19-5-2)20-6-3)10-11-12(16)8-7-9-13(11)17/h7-9,14-15,18H,4-6,10H2,1-3H3. The number of likely N-dealkylation sites (N-methyl/N-ethyl adjacent to an activating group) is 1. The third-order valence-electron chi connectivity index (χ3n) is 2.94. The fourth-order valence-corrected chi connectivity index (χ4v) is 2.32. The van der Waals surface area contributed by atoms with Crippen LogP contribution in [0.5, 0.6) is 0 Å². The first kappa shape index (κ1) is 17.4. The zero-order valence-corrected chi connectivity index (χ0v) is 13.0. The monoisotopic (exact) mass is 303 g/mol. The van der Waals surface area contributed by atoms with Crippen molar-refractivity contribution in [2.45, 2.75) is 39.5 Å². The van der Waals surface area contributed by atoms with Gasteiger partial charge in [-0.2, -0.15) is 0 Å². The Morgan fingerprint density at radius 3 is 2.35 bits per heavy atom. The Hall–Kier alpha value is -0.680. The Kier molecular flexibility index (Phi) is 8.07. The van der Waals surface area contributed by atoms with Crippen molar-refractivity contribution in [3.63, 3.8) is 0 Å². The molecule has 0 aromatic heterocycles. The Labute approximate surface area is 125 Å². The van der Waals surface area contributed by atoms with Crippen molar-refractivity contribution in [2.75, 3.05) is 19.8 Å². The van der Waals surface area contributed by atoms with Gasteiger partial charge in [-0.05, 0) is 38.9 Å². The molecule has 20 heavy (non-hydrogen) atoms. The van der Waals surface area contributed by atoms with Crippen LogP contribution in [0.2, 0.25) is 5.02 Å². The van der Waals surface area contributed by atoms with Crippen molar-refractivity contribution in [3.8, 4) is 0 Å². The van der Waals surface area contributed by atoms with Gasteiger partial charge in [0.25, 0.3) is 0 Å². The topological polar surface area (TPSA) is 30.5 Å². The number of ether oxygens (including phenoxy) is 2. The lowest BCUT2D eigenvalue weighted by Gasteiger charge is -2.27. The van der Waals surface area contributed by atoms with E-state index in [1.807, 2.05) is 20.8 Å². The molecule has 0 aliphatic rings. The molecule has 0 aliphatic carbocycles. The van der Waals surface area contributed by atoms with E-state index in [4.69, 9.17) is 21.1 Å². The largest absolute Gasteiger partial charge is 0.351 e. The van der Waals surface area contributed by atoms with E-state index in [-0.39, 0.29) is 11.9 Å². The third-order valence-corrected chi connectivity index (χ3v) is 3.30. The van der Waals surface area contributed by atoms with Gasteiger partial charge in [-0.3, -0.25) is 0 Å². The zero-order valence-electron chi connectivity index (χ0n) is 12.3. The molecule has 3 nitrogen and oxygen atoms in total. The average Bonchev–Trinajstić information content (AvgIpc) is 2.42. The summed E-state index contributed by atoms with van der Waals surface area (Å²) in [5.41, 5.74) is 0.490. The number of halogens is 2. The van der Waals surface area contributed by atoms with Crippen LogP contribution in [0.1, 0.15) is 26.3 Å². The Bertz CT molecular complexity index is 377. The molecule has 0 saturated carbocycles. The molecule has 1 aromatic rings. The Morgan fingerprint density at radius 1 is 1.20 bits per heavy atom. The van der Waals surface area contributed by atoms with Crippen LogP contribution in [-0.4, -0.2) is 32.1 Å². The molecule has 1 atom stereocenters. The summed E-state index contributed by atoms with van der Waals surface area (Å²) < 4.78 is 25.1. The molecular formula is C15H23ClFNO2. The van der Waals surface area contributed by atoms with Crippen molar-refractivity contribution < 1.29 is 13.9 Å². The Balaban J connectivity index is 2.89. The molecule has 114 valence electrons. The van der Waals surface area contributed by atoms with Gasteiger partial charge < -0.3 is 14.8 Å². The molecule has 0 saturated heterocycles. The van der Waals surface area contributed by atoms with E-state index in [2.05, 4.69) is 5.32 Å². The van der Waals surface area contributed by atoms with Gasteiger partial charge in [-0.15, -0.1) is 0 Å². The second-order valence-corrected chi connectivity index (χ2v) is 4.75. The molecule has 5 heteroatoms. The first-order valence-corrected chi connectivity index (χ1v) is 7.41. The van der Waals surface area contributed by atoms with Gasteiger partial charge >= 0.3 is 0 Å². The first-order chi connectivity index (χ1) is 9.63. The van der Waals surface area contributed by atoms with Gasteiger partial charge in [0.2, 0.25) is 0 Å². The van der Waals surface area contributed by atoms with Gasteiger partial charge in [0, 0.05) is 23.8 Å². The molecule has 0 aliphatic heterocycles. The van der Waals surface area contributed by atoms with Crippen molar-refractivity contribution in [2.24, 2.45) is 0 Å². The molecule has 0 radical (unpaired) electrons. The zero-order chi connectivity index (χ0) is 15.0. The van der Waals surface area contributed by atoms with Crippen molar-refractivity contribution in [1.29, 1.82) is 0 Å². The second-order valence-electron chi connectivity index (χ2n) is 4.35. The van der Waals surface area contributed by atoms with Crippen LogP contribution in [-0.2, 0) is 15.9 Å². The Morgan fingerprint density at radius 2 is 1.85 bits per heavy atom. The lowest BCUT2D eigenvalue weighted by atomic mass is 10.0. The molecule has 1 rings (SSSR count). The molecule has 1 unspecified atom stereocenters. The van der Waals surface area contributed by atoms with Gasteiger partial charge in [0.05, 0.1) is 6.04 Å². The normalized spacial score (nSPS) is 12.9. The van der Waals surface area contributed by atoms with E-state index in [9.17, 15) is 4.39 Å². The van der Waals surface area contributed by atoms with Crippen molar-refractivity contribution in [1.82, 2.24) is 5.32 Å². The summed E-state index contributed by atoms with van der Waals surface area (Å²) in [6.07, 6.45) is 0.00456. The molecular weight excluding hydrogens is 281 g/mol. The van der Waals surface area contributed by atoms with Gasteiger partial charge in [-0.25, -0.2) is 4.39 Å². The minimum Gasteiger partial charge on any atom is -0.351 e. The lowest BCUT2D eigenvalue weighted by molar-refractivity contribution is -0.153. The molecule has 0 heterocycles. The van der Waals surface area contributed by atoms with Gasteiger partial charge in [0.1, 0.15) is 5.82 Å². The second kappa shape index (κ2) is 9.29. The van der Waals surface area contributed by atoms with Crippen LogP contribution in [0.15, 0.2) is 18.2 Å². The smallest absolute Gasteiger partial charge is 0.172 e. The number of hydrogen-bond acceptors (Lipinski definition) is 3. The molecule has 0 amide bonds. The van der Waals surface area contributed by atoms with E-state index in [0.717, 1.165) is 6.54 Å². The molecule has 1 N–H and O–H groups in total. The highest BCUT2D eigenvalue weighted by Crippen LogP contribution is 2.22. The van der Waals surface area contributed by atoms with Crippen molar-refractivity contribution >= 4 is 11.6 Å². The van der Waals surface area contributed by atoms with Gasteiger partial charge in [0.15, 0.2) is 6.29 Å². The lowest BCUT2D eigenvalue weighted by Crippen LogP contribution is -2.44. The first-order valence-electron chi connectivity index (χ1n) is 7.03. The van der Waals surface area contributed by atoms with Gasteiger partial charge in [-0.1, -0.05) is 24.6 Å². The van der Waals surface area contributed by atoms with Crippen LogP contribution >= 0.6 is 11.6 Å². The van der Waals surface area contributed by atoms with Crippen LogP contribution in [0.3, 0.4) is 0 Å². The van der Waals surface area contributed by atoms with Crippen LogP contribution in [0, 0.1) is 5.82 Å². The maximum absolute atomic E-state index is 13.9. The number of nitrogens with one attached hydrogen (secondary N) is 1. The highest BCUT2D eigenvalue weighted by Gasteiger charge is 2.24. The van der Waals surface area contributed by atoms with E-state index < -0.39 is 6.29 Å². The predicted octanol–water partition coefficient (Wildman–Crippen LogP) is 3.40. The average molecular weight is 304 g/mol. The third kappa shape index (κ3) is 5.02. The minimum absolute atomic E-state index is 0.144. The van der Waals surface area contributed by atoms with Crippen molar-refractivity contribution in [3.05, 3.63) is 34.6 Å². The van der Waals surface area contributed by atoms with E-state index in [1.165, 1.54) is 6.07 Å². The summed E-state index contributed by atoms with van der Waals surface area (Å²) in [5.74, 6) is -0.299.